The Balaban J connectivity index is 1.82. The van der Waals surface area contributed by atoms with E-state index < -0.39 is 6.03 Å². The monoisotopic (exact) mass is 355 g/mol. The number of rotatable bonds is 8. The highest BCUT2D eigenvalue weighted by molar-refractivity contribution is 5.95. The van der Waals surface area contributed by atoms with Crippen molar-refractivity contribution < 1.29 is 14.7 Å². The number of aromatic hydroxyl groups is 1. The van der Waals surface area contributed by atoms with Gasteiger partial charge in [-0.1, -0.05) is 55.5 Å². The molecule has 0 aliphatic heterocycles. The number of hydrogen-bond acceptors (Lipinski definition) is 4. The molecule has 0 aliphatic carbocycles. The van der Waals surface area contributed by atoms with Crippen LogP contribution in [0.3, 0.4) is 0 Å². The molecular formula is C20H25N3O3. The fourth-order valence-corrected chi connectivity index (χ4v) is 2.61. The van der Waals surface area contributed by atoms with Crippen molar-refractivity contribution in [1.82, 2.24) is 15.5 Å². The minimum Gasteiger partial charge on any atom is -0.508 e. The van der Waals surface area contributed by atoms with Crippen LogP contribution < -0.4 is 10.6 Å². The van der Waals surface area contributed by atoms with Crippen LogP contribution in [0.1, 0.15) is 24.5 Å². The number of phenols is 1. The van der Waals surface area contributed by atoms with Crippen LogP contribution in [-0.2, 0) is 17.9 Å². The number of phenolic OH excluding ortho intramolecular Hbond substituents is 1. The molecule has 6 nitrogen and oxygen atoms in total. The largest absolute Gasteiger partial charge is 0.508 e. The first-order chi connectivity index (χ1) is 12.6. The van der Waals surface area contributed by atoms with E-state index >= 15 is 0 Å². The van der Waals surface area contributed by atoms with Crippen molar-refractivity contribution in [3.63, 3.8) is 0 Å². The predicted molar refractivity (Wildman–Crippen MR) is 100 cm³/mol. The lowest BCUT2D eigenvalue weighted by Crippen LogP contribution is -2.44. The third-order valence-electron chi connectivity index (χ3n) is 3.84. The van der Waals surface area contributed by atoms with Gasteiger partial charge in [-0.05, 0) is 24.6 Å². The molecule has 138 valence electrons. The average molecular weight is 355 g/mol. The second kappa shape index (κ2) is 10.2. The fourth-order valence-electron chi connectivity index (χ4n) is 2.61. The molecule has 2 rings (SSSR count). The van der Waals surface area contributed by atoms with Crippen LogP contribution in [0.5, 0.6) is 5.75 Å². The molecule has 2 aromatic carbocycles. The summed E-state index contributed by atoms with van der Waals surface area (Å²) in [7, 11) is 0. The van der Waals surface area contributed by atoms with Crippen LogP contribution in [-0.4, -0.2) is 35.0 Å². The Hall–Kier alpha value is -2.86. The lowest BCUT2D eigenvalue weighted by molar-refractivity contribution is -0.121. The molecule has 0 aliphatic rings. The molecular weight excluding hydrogens is 330 g/mol. The Morgan fingerprint density at radius 3 is 2.42 bits per heavy atom. The van der Waals surface area contributed by atoms with Crippen LogP contribution in [0.15, 0.2) is 54.6 Å². The number of para-hydroxylation sites is 1. The number of nitrogens with zero attached hydrogens (tertiary/aromatic N) is 1. The number of benzene rings is 2. The maximum Gasteiger partial charge on any atom is 0.321 e. The van der Waals surface area contributed by atoms with Crippen LogP contribution in [0.2, 0.25) is 0 Å². The van der Waals surface area contributed by atoms with Crippen molar-refractivity contribution >= 4 is 11.9 Å². The van der Waals surface area contributed by atoms with Crippen LogP contribution in [0.25, 0.3) is 0 Å². The molecule has 0 fully saturated rings. The van der Waals surface area contributed by atoms with Gasteiger partial charge in [-0.2, -0.15) is 0 Å². The number of amides is 3. The Kier molecular flexibility index (Phi) is 7.64. The zero-order chi connectivity index (χ0) is 18.8. The highest BCUT2D eigenvalue weighted by atomic mass is 16.3. The van der Waals surface area contributed by atoms with Gasteiger partial charge in [0.1, 0.15) is 5.75 Å². The first-order valence-electron chi connectivity index (χ1n) is 8.69. The number of hydrogen-bond donors (Lipinski definition) is 3. The standard InChI is InChI=1S/C20H25N3O3/c1-2-12-23(14-17-10-6-7-11-18(17)24)15-19(25)22-20(26)21-13-16-8-4-3-5-9-16/h3-11,24H,2,12-15H2,1H3,(H2,21,22,25,26). The van der Waals surface area contributed by atoms with Gasteiger partial charge in [-0.15, -0.1) is 0 Å². The summed E-state index contributed by atoms with van der Waals surface area (Å²) >= 11 is 0. The van der Waals surface area contributed by atoms with Gasteiger partial charge in [-0.25, -0.2) is 4.79 Å². The molecule has 26 heavy (non-hydrogen) atoms. The van der Waals surface area contributed by atoms with Crippen molar-refractivity contribution in [2.75, 3.05) is 13.1 Å². The van der Waals surface area contributed by atoms with Gasteiger partial charge in [0.2, 0.25) is 5.91 Å². The highest BCUT2D eigenvalue weighted by Crippen LogP contribution is 2.17. The fraction of sp³-hybridized carbons (Fsp3) is 0.300. The number of nitrogens with one attached hydrogen (secondary N) is 2. The molecule has 0 saturated carbocycles. The van der Waals surface area contributed by atoms with Gasteiger partial charge in [0.15, 0.2) is 0 Å². The molecule has 6 heteroatoms. The predicted octanol–water partition coefficient (Wildman–Crippen LogP) is 2.63. The van der Waals surface area contributed by atoms with Gasteiger partial charge >= 0.3 is 6.03 Å². The third kappa shape index (κ3) is 6.57. The average Bonchev–Trinajstić information content (AvgIpc) is 2.63. The lowest BCUT2D eigenvalue weighted by atomic mass is 10.2. The molecule has 0 saturated heterocycles. The molecule has 0 heterocycles. The molecule has 3 N–H and O–H groups in total. The normalized spacial score (nSPS) is 10.5. The number of imide groups is 1. The minimum atomic E-state index is -0.516. The summed E-state index contributed by atoms with van der Waals surface area (Å²) in [6, 6.07) is 16.0. The number of carbonyl (C=O) groups excluding carboxylic acids is 2. The smallest absolute Gasteiger partial charge is 0.321 e. The van der Waals surface area contributed by atoms with E-state index in [1.807, 2.05) is 54.3 Å². The van der Waals surface area contributed by atoms with E-state index in [9.17, 15) is 14.7 Å². The first kappa shape index (κ1) is 19.5. The second-order valence-corrected chi connectivity index (χ2v) is 6.06. The summed E-state index contributed by atoms with van der Waals surface area (Å²) in [5, 5.41) is 14.9. The zero-order valence-corrected chi connectivity index (χ0v) is 14.9. The number of urea groups is 1. The summed E-state index contributed by atoms with van der Waals surface area (Å²) in [5.41, 5.74) is 1.71. The van der Waals surface area contributed by atoms with Crippen molar-refractivity contribution in [2.45, 2.75) is 26.4 Å². The molecule has 0 atom stereocenters. The van der Waals surface area contributed by atoms with Gasteiger partial charge in [0.05, 0.1) is 6.54 Å². The molecule has 0 radical (unpaired) electrons. The molecule has 0 unspecified atom stereocenters. The SMILES string of the molecule is CCCN(CC(=O)NC(=O)NCc1ccccc1)Cc1ccccc1O. The lowest BCUT2D eigenvalue weighted by Gasteiger charge is -2.21. The molecule has 0 aromatic heterocycles. The zero-order valence-electron chi connectivity index (χ0n) is 14.9. The van der Waals surface area contributed by atoms with E-state index in [-0.39, 0.29) is 18.2 Å². The molecule has 2 aromatic rings. The topological polar surface area (TPSA) is 81.7 Å². The first-order valence-corrected chi connectivity index (χ1v) is 8.69. The minimum absolute atomic E-state index is 0.0843. The van der Waals surface area contributed by atoms with Crippen molar-refractivity contribution in [1.29, 1.82) is 0 Å². The van der Waals surface area contributed by atoms with E-state index in [4.69, 9.17) is 0 Å². The quantitative estimate of drug-likeness (QED) is 0.680. The van der Waals surface area contributed by atoms with Crippen LogP contribution in [0, 0.1) is 0 Å². The van der Waals surface area contributed by atoms with Gasteiger partial charge < -0.3 is 10.4 Å². The molecule has 0 spiro atoms. The maximum atomic E-state index is 12.1. The Morgan fingerprint density at radius 1 is 1.04 bits per heavy atom. The molecule has 0 bridgehead atoms. The van der Waals surface area contributed by atoms with Gasteiger partial charge in [0, 0.05) is 18.7 Å². The van der Waals surface area contributed by atoms with Crippen molar-refractivity contribution in [2.24, 2.45) is 0 Å². The van der Waals surface area contributed by atoms with Gasteiger partial charge in [0.25, 0.3) is 0 Å². The molecule has 3 amide bonds. The Bertz CT molecular complexity index is 719. The van der Waals surface area contributed by atoms with E-state index in [0.717, 1.165) is 17.5 Å². The van der Waals surface area contributed by atoms with Crippen molar-refractivity contribution in [3.8, 4) is 5.75 Å². The number of carbonyl (C=O) groups is 2. The Morgan fingerprint density at radius 2 is 1.73 bits per heavy atom. The van der Waals surface area contributed by atoms with Crippen molar-refractivity contribution in [3.05, 3.63) is 65.7 Å². The van der Waals surface area contributed by atoms with E-state index in [0.29, 0.717) is 19.6 Å². The highest BCUT2D eigenvalue weighted by Gasteiger charge is 2.14. The summed E-state index contributed by atoms with van der Waals surface area (Å²) in [6.45, 7) is 3.59. The maximum absolute atomic E-state index is 12.1. The van der Waals surface area contributed by atoms with E-state index in [1.54, 1.807) is 12.1 Å². The van der Waals surface area contributed by atoms with E-state index in [1.165, 1.54) is 0 Å². The van der Waals surface area contributed by atoms with Gasteiger partial charge in [-0.3, -0.25) is 15.0 Å². The summed E-state index contributed by atoms with van der Waals surface area (Å²) in [6.07, 6.45) is 0.862. The summed E-state index contributed by atoms with van der Waals surface area (Å²) < 4.78 is 0. The van der Waals surface area contributed by atoms with Crippen LogP contribution in [0.4, 0.5) is 4.79 Å². The Labute approximate surface area is 153 Å². The third-order valence-corrected chi connectivity index (χ3v) is 3.84. The van der Waals surface area contributed by atoms with Crippen LogP contribution >= 0.6 is 0 Å². The second-order valence-electron chi connectivity index (χ2n) is 6.06. The summed E-state index contributed by atoms with van der Waals surface area (Å²) in [5.74, 6) is -0.172. The summed E-state index contributed by atoms with van der Waals surface area (Å²) in [4.78, 5) is 25.9. The van der Waals surface area contributed by atoms with E-state index in [2.05, 4.69) is 10.6 Å².